The fourth-order valence-electron chi connectivity index (χ4n) is 2.95. The standard InChI is InChI=1S/C18H24N4O2/c1-2-9-15(23)19-16(14-10-5-3-6-11-14)17-20-21-18(24-17)22-12-7-4-8-13-22/h3,5-6,10-11,16H,2,4,7-9,12-13H2,1H3,(H,19,23)/t16-/m1/s1. The highest BCUT2D eigenvalue weighted by molar-refractivity contribution is 5.76. The second-order valence-corrected chi connectivity index (χ2v) is 6.13. The summed E-state index contributed by atoms with van der Waals surface area (Å²) in [6, 6.07) is 9.89. The lowest BCUT2D eigenvalue weighted by Crippen LogP contribution is -2.30. The van der Waals surface area contributed by atoms with Gasteiger partial charge in [-0.3, -0.25) is 4.79 Å². The van der Waals surface area contributed by atoms with Crippen LogP contribution in [0.1, 0.15) is 56.5 Å². The Balaban J connectivity index is 1.82. The molecule has 1 N–H and O–H groups in total. The third-order valence-electron chi connectivity index (χ3n) is 4.22. The molecule has 1 saturated heterocycles. The predicted octanol–water partition coefficient (Wildman–Crippen LogP) is 3.07. The first-order valence-electron chi connectivity index (χ1n) is 8.70. The van der Waals surface area contributed by atoms with Crippen LogP contribution in [0.5, 0.6) is 0 Å². The normalized spacial score (nSPS) is 16.0. The van der Waals surface area contributed by atoms with Gasteiger partial charge in [-0.15, -0.1) is 5.10 Å². The van der Waals surface area contributed by atoms with Crippen LogP contribution in [0, 0.1) is 0 Å². The summed E-state index contributed by atoms with van der Waals surface area (Å²) in [5.41, 5.74) is 0.941. The Bertz CT molecular complexity index is 650. The number of carbonyl (C=O) groups excluding carboxylic acids is 1. The monoisotopic (exact) mass is 328 g/mol. The summed E-state index contributed by atoms with van der Waals surface area (Å²) in [4.78, 5) is 14.2. The summed E-state index contributed by atoms with van der Waals surface area (Å²) < 4.78 is 5.91. The SMILES string of the molecule is CCCC(=O)N[C@H](c1ccccc1)c1nnc(N2CCCCC2)o1. The summed E-state index contributed by atoms with van der Waals surface area (Å²) in [5, 5.41) is 11.4. The Labute approximate surface area is 142 Å². The maximum absolute atomic E-state index is 12.1. The zero-order valence-electron chi connectivity index (χ0n) is 14.1. The lowest BCUT2D eigenvalue weighted by molar-refractivity contribution is -0.121. The molecular formula is C18H24N4O2. The number of rotatable bonds is 6. The molecule has 0 bridgehead atoms. The van der Waals surface area contributed by atoms with Gasteiger partial charge in [0.1, 0.15) is 6.04 Å². The number of nitrogens with zero attached hydrogens (tertiary/aromatic N) is 3. The molecule has 3 rings (SSSR count). The molecule has 1 aliphatic heterocycles. The highest BCUT2D eigenvalue weighted by Gasteiger charge is 2.24. The average Bonchev–Trinajstić information content (AvgIpc) is 3.11. The van der Waals surface area contributed by atoms with E-state index in [4.69, 9.17) is 4.42 Å². The lowest BCUT2D eigenvalue weighted by atomic mass is 10.1. The Morgan fingerprint density at radius 3 is 2.67 bits per heavy atom. The minimum Gasteiger partial charge on any atom is -0.405 e. The van der Waals surface area contributed by atoms with Gasteiger partial charge in [0, 0.05) is 19.5 Å². The molecule has 0 radical (unpaired) electrons. The molecular weight excluding hydrogens is 304 g/mol. The van der Waals surface area contributed by atoms with E-state index in [9.17, 15) is 4.79 Å². The molecule has 0 aliphatic carbocycles. The van der Waals surface area contributed by atoms with Gasteiger partial charge in [0.2, 0.25) is 11.8 Å². The van der Waals surface area contributed by atoms with E-state index in [1.54, 1.807) is 0 Å². The van der Waals surface area contributed by atoms with E-state index in [0.717, 1.165) is 37.9 Å². The summed E-state index contributed by atoms with van der Waals surface area (Å²) >= 11 is 0. The zero-order chi connectivity index (χ0) is 16.8. The summed E-state index contributed by atoms with van der Waals surface area (Å²) in [6.45, 7) is 3.87. The first kappa shape index (κ1) is 16.5. The van der Waals surface area contributed by atoms with Gasteiger partial charge < -0.3 is 14.6 Å². The highest BCUT2D eigenvalue weighted by Crippen LogP contribution is 2.25. The third-order valence-corrected chi connectivity index (χ3v) is 4.22. The van der Waals surface area contributed by atoms with Crippen LogP contribution in [0.3, 0.4) is 0 Å². The van der Waals surface area contributed by atoms with Crippen molar-refractivity contribution in [2.24, 2.45) is 0 Å². The quantitative estimate of drug-likeness (QED) is 0.882. The number of piperidine rings is 1. The molecule has 1 aromatic heterocycles. The number of hydrogen-bond acceptors (Lipinski definition) is 5. The molecule has 0 spiro atoms. The lowest BCUT2D eigenvalue weighted by Gasteiger charge is -2.24. The van der Waals surface area contributed by atoms with Gasteiger partial charge in [0.05, 0.1) is 0 Å². The highest BCUT2D eigenvalue weighted by atomic mass is 16.4. The number of hydrogen-bond donors (Lipinski definition) is 1. The summed E-state index contributed by atoms with van der Waals surface area (Å²) in [7, 11) is 0. The number of aromatic nitrogens is 2. The van der Waals surface area contributed by atoms with Crippen molar-refractivity contribution in [3.8, 4) is 0 Å². The number of amides is 1. The van der Waals surface area contributed by atoms with E-state index in [1.807, 2.05) is 37.3 Å². The van der Waals surface area contributed by atoms with E-state index in [-0.39, 0.29) is 5.91 Å². The third kappa shape index (κ3) is 3.93. The number of anilines is 1. The Kier molecular flexibility index (Phi) is 5.46. The van der Waals surface area contributed by atoms with Crippen LogP contribution in [0.2, 0.25) is 0 Å². The van der Waals surface area contributed by atoms with Crippen molar-refractivity contribution in [3.63, 3.8) is 0 Å². The van der Waals surface area contributed by atoms with E-state index in [2.05, 4.69) is 20.4 Å². The van der Waals surface area contributed by atoms with E-state index < -0.39 is 6.04 Å². The molecule has 0 unspecified atom stereocenters. The minimum absolute atomic E-state index is 0.0101. The van der Waals surface area contributed by atoms with Crippen LogP contribution in [0.25, 0.3) is 0 Å². The van der Waals surface area contributed by atoms with Gasteiger partial charge in [-0.1, -0.05) is 42.4 Å². The number of benzene rings is 1. The van der Waals surface area contributed by atoms with E-state index >= 15 is 0 Å². The first-order valence-corrected chi connectivity index (χ1v) is 8.70. The summed E-state index contributed by atoms with van der Waals surface area (Å²) in [5.74, 6) is 0.426. The fourth-order valence-corrected chi connectivity index (χ4v) is 2.95. The van der Waals surface area contributed by atoms with Gasteiger partial charge in [0.25, 0.3) is 0 Å². The van der Waals surface area contributed by atoms with Crippen LogP contribution in [-0.2, 0) is 4.79 Å². The van der Waals surface area contributed by atoms with Crippen LogP contribution in [-0.4, -0.2) is 29.2 Å². The molecule has 6 heteroatoms. The number of carbonyl (C=O) groups is 1. The average molecular weight is 328 g/mol. The van der Waals surface area contributed by atoms with Crippen molar-refractivity contribution in [3.05, 3.63) is 41.8 Å². The molecule has 2 aromatic rings. The van der Waals surface area contributed by atoms with Crippen molar-refractivity contribution in [1.29, 1.82) is 0 Å². The molecule has 1 amide bonds. The van der Waals surface area contributed by atoms with E-state index in [1.165, 1.54) is 6.42 Å². The zero-order valence-corrected chi connectivity index (χ0v) is 14.1. The second-order valence-electron chi connectivity index (χ2n) is 6.13. The fraction of sp³-hybridized carbons (Fsp3) is 0.500. The van der Waals surface area contributed by atoms with Crippen LogP contribution < -0.4 is 10.2 Å². The van der Waals surface area contributed by atoms with Crippen molar-refractivity contribution < 1.29 is 9.21 Å². The van der Waals surface area contributed by atoms with Crippen molar-refractivity contribution in [2.75, 3.05) is 18.0 Å². The molecule has 1 atom stereocenters. The maximum Gasteiger partial charge on any atom is 0.318 e. The largest absolute Gasteiger partial charge is 0.405 e. The van der Waals surface area contributed by atoms with Crippen LogP contribution in [0.4, 0.5) is 6.01 Å². The van der Waals surface area contributed by atoms with Gasteiger partial charge >= 0.3 is 6.01 Å². The van der Waals surface area contributed by atoms with Crippen molar-refractivity contribution >= 4 is 11.9 Å². The molecule has 0 saturated carbocycles. The van der Waals surface area contributed by atoms with Crippen LogP contribution >= 0.6 is 0 Å². The van der Waals surface area contributed by atoms with Gasteiger partial charge in [-0.25, -0.2) is 0 Å². The second kappa shape index (κ2) is 7.95. The predicted molar refractivity (Wildman–Crippen MR) is 91.7 cm³/mol. The van der Waals surface area contributed by atoms with Crippen molar-refractivity contribution in [1.82, 2.24) is 15.5 Å². The number of nitrogens with one attached hydrogen (secondary N) is 1. The first-order chi connectivity index (χ1) is 11.8. The summed E-state index contributed by atoms with van der Waals surface area (Å²) in [6.07, 6.45) is 4.82. The molecule has 24 heavy (non-hydrogen) atoms. The van der Waals surface area contributed by atoms with Gasteiger partial charge in [0.15, 0.2) is 0 Å². The topological polar surface area (TPSA) is 71.3 Å². The molecule has 2 heterocycles. The van der Waals surface area contributed by atoms with Crippen molar-refractivity contribution in [2.45, 2.75) is 45.1 Å². The Morgan fingerprint density at radius 2 is 1.96 bits per heavy atom. The van der Waals surface area contributed by atoms with Crippen LogP contribution in [0.15, 0.2) is 34.7 Å². The maximum atomic E-state index is 12.1. The van der Waals surface area contributed by atoms with Gasteiger partial charge in [-0.05, 0) is 31.2 Å². The molecule has 1 aliphatic rings. The Hall–Kier alpha value is -2.37. The minimum atomic E-state index is -0.406. The van der Waals surface area contributed by atoms with Gasteiger partial charge in [-0.2, -0.15) is 0 Å². The van der Waals surface area contributed by atoms with E-state index in [0.29, 0.717) is 18.3 Å². The molecule has 1 fully saturated rings. The smallest absolute Gasteiger partial charge is 0.318 e. The molecule has 1 aromatic carbocycles. The molecule has 128 valence electrons. The Morgan fingerprint density at radius 1 is 1.21 bits per heavy atom. The molecule has 6 nitrogen and oxygen atoms in total.